The summed E-state index contributed by atoms with van der Waals surface area (Å²) in [5.41, 5.74) is 2.67. The van der Waals surface area contributed by atoms with Gasteiger partial charge in [0.1, 0.15) is 5.82 Å². The minimum absolute atomic E-state index is 0.289. The maximum Gasteiger partial charge on any atom is 0.182 e. The van der Waals surface area contributed by atoms with Gasteiger partial charge < -0.3 is 4.98 Å². The number of nitrogens with zero attached hydrogens (tertiary/aromatic N) is 1. The molecule has 0 aliphatic heterocycles. The number of rotatable bonds is 1. The zero-order chi connectivity index (χ0) is 13.6. The highest BCUT2D eigenvalue weighted by Gasteiger charge is 2.10. The Hall–Kier alpha value is -0.980. The number of imidazole rings is 1. The van der Waals surface area contributed by atoms with E-state index in [0.29, 0.717) is 9.24 Å². The minimum atomic E-state index is -0.289. The van der Waals surface area contributed by atoms with Crippen molar-refractivity contribution in [2.45, 2.75) is 0 Å². The van der Waals surface area contributed by atoms with Crippen LogP contribution < -0.4 is 0 Å². The van der Waals surface area contributed by atoms with Crippen LogP contribution in [0.4, 0.5) is 4.39 Å². The van der Waals surface area contributed by atoms with Gasteiger partial charge in [-0.05, 0) is 64.5 Å². The number of nitrogens with one attached hydrogen (secondary N) is 1. The van der Waals surface area contributed by atoms with Crippen LogP contribution in [0, 0.1) is 10.6 Å². The predicted molar refractivity (Wildman–Crippen MR) is 83.8 cm³/mol. The molecule has 1 aromatic heterocycles. The average Bonchev–Trinajstić information content (AvgIpc) is 2.65. The van der Waals surface area contributed by atoms with Crippen molar-refractivity contribution < 1.29 is 4.39 Å². The van der Waals surface area contributed by atoms with Crippen LogP contribution in [-0.4, -0.2) is 9.55 Å². The quantitative estimate of drug-likeness (QED) is 0.545. The summed E-state index contributed by atoms with van der Waals surface area (Å²) in [4.78, 5) is 3.14. The molecule has 96 valence electrons. The third-order valence-electron chi connectivity index (χ3n) is 2.80. The molecule has 0 unspecified atom stereocenters. The predicted octanol–water partition coefficient (Wildman–Crippen LogP) is 5.35. The lowest BCUT2D eigenvalue weighted by Gasteiger charge is -2.07. The number of benzene rings is 2. The molecule has 2 aromatic carbocycles. The number of hydrogen-bond acceptors (Lipinski definition) is 1. The fraction of sp³-hybridized carbons (Fsp3) is 0. The van der Waals surface area contributed by atoms with E-state index >= 15 is 0 Å². The smallest absolute Gasteiger partial charge is 0.182 e. The van der Waals surface area contributed by atoms with Gasteiger partial charge in [-0.15, -0.1) is 0 Å². The van der Waals surface area contributed by atoms with Crippen LogP contribution in [0.3, 0.4) is 0 Å². The molecule has 1 heterocycles. The molecular formula is C13H7Br2FN2S. The van der Waals surface area contributed by atoms with Gasteiger partial charge in [0, 0.05) is 8.95 Å². The fourth-order valence-corrected chi connectivity index (χ4v) is 3.16. The second kappa shape index (κ2) is 4.85. The molecule has 6 heteroatoms. The van der Waals surface area contributed by atoms with Gasteiger partial charge in [-0.25, -0.2) is 4.39 Å². The summed E-state index contributed by atoms with van der Waals surface area (Å²) in [5, 5.41) is 0. The van der Waals surface area contributed by atoms with Crippen molar-refractivity contribution in [3.63, 3.8) is 0 Å². The molecule has 0 saturated carbocycles. The third kappa shape index (κ3) is 2.28. The van der Waals surface area contributed by atoms with E-state index in [9.17, 15) is 4.39 Å². The monoisotopic (exact) mass is 400 g/mol. The Balaban J connectivity index is 2.38. The molecule has 0 aliphatic rings. The average molecular weight is 402 g/mol. The molecule has 0 fully saturated rings. The van der Waals surface area contributed by atoms with Crippen molar-refractivity contribution in [3.8, 4) is 5.69 Å². The van der Waals surface area contributed by atoms with Crippen LogP contribution in [0.2, 0.25) is 0 Å². The standard InChI is InChI=1S/C13H7Br2FN2S/c14-7-1-3-10-12(5-7)18(13(19)17-10)11-4-2-8(16)6-9(11)15/h1-6H,(H,17,19). The third-order valence-corrected chi connectivity index (χ3v) is 4.21. The maximum absolute atomic E-state index is 13.2. The summed E-state index contributed by atoms with van der Waals surface area (Å²) in [5.74, 6) is -0.289. The molecular weight excluding hydrogens is 395 g/mol. The molecule has 3 rings (SSSR count). The van der Waals surface area contributed by atoms with Crippen molar-refractivity contribution in [2.75, 3.05) is 0 Å². The van der Waals surface area contributed by atoms with Crippen LogP contribution in [0.5, 0.6) is 0 Å². The summed E-state index contributed by atoms with van der Waals surface area (Å²) in [6.45, 7) is 0. The van der Waals surface area contributed by atoms with Gasteiger partial charge in [0.05, 0.1) is 16.7 Å². The van der Waals surface area contributed by atoms with E-state index in [4.69, 9.17) is 12.2 Å². The summed E-state index contributed by atoms with van der Waals surface area (Å²) in [7, 11) is 0. The number of fused-ring (bicyclic) bond motifs is 1. The van der Waals surface area contributed by atoms with Gasteiger partial charge in [-0.3, -0.25) is 4.57 Å². The van der Waals surface area contributed by atoms with E-state index in [0.717, 1.165) is 21.2 Å². The van der Waals surface area contributed by atoms with Crippen LogP contribution in [0.25, 0.3) is 16.7 Å². The molecule has 0 spiro atoms. The molecule has 0 atom stereocenters. The molecule has 0 aliphatic carbocycles. The molecule has 3 aromatic rings. The Labute approximate surface area is 130 Å². The Morgan fingerprint density at radius 1 is 1.11 bits per heavy atom. The first kappa shape index (κ1) is 13.0. The number of aromatic amines is 1. The van der Waals surface area contributed by atoms with E-state index in [1.54, 1.807) is 6.07 Å². The normalized spacial score (nSPS) is 11.1. The molecule has 0 amide bonds. The highest BCUT2D eigenvalue weighted by Crippen LogP contribution is 2.28. The summed E-state index contributed by atoms with van der Waals surface area (Å²) < 4.78 is 17.2. The van der Waals surface area contributed by atoms with Crippen molar-refractivity contribution in [1.82, 2.24) is 9.55 Å². The molecule has 19 heavy (non-hydrogen) atoms. The molecule has 0 radical (unpaired) electrons. The van der Waals surface area contributed by atoms with Gasteiger partial charge in [0.25, 0.3) is 0 Å². The first-order chi connectivity index (χ1) is 9.06. The van der Waals surface area contributed by atoms with Gasteiger partial charge in [0.2, 0.25) is 0 Å². The van der Waals surface area contributed by atoms with Gasteiger partial charge in [-0.1, -0.05) is 15.9 Å². The molecule has 0 bridgehead atoms. The fourth-order valence-electron chi connectivity index (χ4n) is 1.98. The van der Waals surface area contributed by atoms with Crippen molar-refractivity contribution in [2.24, 2.45) is 0 Å². The van der Waals surface area contributed by atoms with E-state index in [1.807, 2.05) is 22.8 Å². The van der Waals surface area contributed by atoms with Crippen molar-refractivity contribution >= 4 is 55.1 Å². The summed E-state index contributed by atoms with van der Waals surface area (Å²) in [6.07, 6.45) is 0. The lowest BCUT2D eigenvalue weighted by Crippen LogP contribution is -1.95. The maximum atomic E-state index is 13.2. The Morgan fingerprint density at radius 2 is 1.89 bits per heavy atom. The Bertz CT molecular complexity index is 838. The molecule has 0 saturated heterocycles. The summed E-state index contributed by atoms with van der Waals surface area (Å²) in [6, 6.07) is 10.4. The van der Waals surface area contributed by atoms with Gasteiger partial charge in [-0.2, -0.15) is 0 Å². The lowest BCUT2D eigenvalue weighted by molar-refractivity contribution is 0.626. The topological polar surface area (TPSA) is 20.7 Å². The van der Waals surface area contributed by atoms with Crippen LogP contribution in [-0.2, 0) is 0 Å². The number of hydrogen-bond donors (Lipinski definition) is 1. The van der Waals surface area contributed by atoms with E-state index in [2.05, 4.69) is 36.8 Å². The number of H-pyrrole nitrogens is 1. The first-order valence-electron chi connectivity index (χ1n) is 5.42. The Morgan fingerprint density at radius 3 is 2.63 bits per heavy atom. The van der Waals surface area contributed by atoms with Crippen LogP contribution in [0.1, 0.15) is 0 Å². The molecule has 1 N–H and O–H groups in total. The van der Waals surface area contributed by atoms with Crippen LogP contribution in [0.15, 0.2) is 45.3 Å². The van der Waals surface area contributed by atoms with Crippen LogP contribution >= 0.6 is 44.1 Å². The molecule has 2 nitrogen and oxygen atoms in total. The van der Waals surface area contributed by atoms with Crippen molar-refractivity contribution in [3.05, 3.63) is 55.9 Å². The highest BCUT2D eigenvalue weighted by atomic mass is 79.9. The first-order valence-corrected chi connectivity index (χ1v) is 7.41. The highest BCUT2D eigenvalue weighted by molar-refractivity contribution is 9.10. The summed E-state index contributed by atoms with van der Waals surface area (Å²) >= 11 is 12.2. The number of halogens is 3. The van der Waals surface area contributed by atoms with E-state index in [1.165, 1.54) is 12.1 Å². The van der Waals surface area contributed by atoms with E-state index < -0.39 is 0 Å². The Kier molecular flexibility index (Phi) is 3.32. The SMILES string of the molecule is Fc1ccc(-n2c(=S)[nH]c3ccc(Br)cc32)c(Br)c1. The second-order valence-electron chi connectivity index (χ2n) is 4.02. The number of aromatic nitrogens is 2. The second-order valence-corrected chi connectivity index (χ2v) is 6.18. The van der Waals surface area contributed by atoms with Crippen molar-refractivity contribution in [1.29, 1.82) is 0 Å². The lowest BCUT2D eigenvalue weighted by atomic mass is 10.3. The van der Waals surface area contributed by atoms with E-state index in [-0.39, 0.29) is 5.82 Å². The minimum Gasteiger partial charge on any atom is -0.330 e. The largest absolute Gasteiger partial charge is 0.330 e. The van der Waals surface area contributed by atoms with Gasteiger partial charge in [0.15, 0.2) is 4.77 Å². The zero-order valence-electron chi connectivity index (χ0n) is 9.45. The van der Waals surface area contributed by atoms with Gasteiger partial charge >= 0.3 is 0 Å². The zero-order valence-corrected chi connectivity index (χ0v) is 13.4.